The number of hydrogen-bond donors (Lipinski definition) is 1. The average Bonchev–Trinajstić information content (AvgIpc) is 2.91. The first kappa shape index (κ1) is 24.4. The first-order valence-electron chi connectivity index (χ1n) is 11.9. The molecule has 2 aromatic carbocycles. The number of fused-ring (bicyclic) bond motifs is 1. The maximum absolute atomic E-state index is 14.9. The van der Waals surface area contributed by atoms with Gasteiger partial charge in [-0.15, -0.1) is 0 Å². The molecule has 0 aliphatic carbocycles. The normalized spacial score (nSPS) is 14.4. The molecule has 2 N–H and O–H groups in total. The maximum Gasteiger partial charge on any atom is 0.263 e. The number of anilines is 1. The van der Waals surface area contributed by atoms with E-state index < -0.39 is 11.9 Å². The Morgan fingerprint density at radius 1 is 1.11 bits per heavy atom. The van der Waals surface area contributed by atoms with Crippen LogP contribution in [0, 0.1) is 12.7 Å². The van der Waals surface area contributed by atoms with Crippen molar-refractivity contribution in [1.29, 1.82) is 0 Å². The Balaban J connectivity index is 1.39. The molecule has 1 aliphatic rings. The maximum atomic E-state index is 14.9. The number of rotatable bonds is 6. The van der Waals surface area contributed by atoms with Crippen LogP contribution in [-0.2, 0) is 9.53 Å². The van der Waals surface area contributed by atoms with Crippen LogP contribution in [0.15, 0.2) is 54.7 Å². The molecule has 1 aliphatic heterocycles. The van der Waals surface area contributed by atoms with Gasteiger partial charge in [0, 0.05) is 24.3 Å². The molecular weight excluding hydrogens is 477 g/mol. The molecule has 0 bridgehead atoms. The number of aromatic nitrogens is 3. The first-order valence-corrected chi connectivity index (χ1v) is 11.9. The third kappa shape index (κ3) is 5.29. The lowest BCUT2D eigenvalue weighted by atomic mass is 10.1. The minimum Gasteiger partial charge on any atom is -0.480 e. The van der Waals surface area contributed by atoms with E-state index in [1.807, 2.05) is 6.92 Å². The van der Waals surface area contributed by atoms with Crippen LogP contribution in [-0.4, -0.2) is 58.2 Å². The predicted molar refractivity (Wildman–Crippen MR) is 136 cm³/mol. The zero-order valence-electron chi connectivity index (χ0n) is 20.5. The second-order valence-corrected chi connectivity index (χ2v) is 8.66. The summed E-state index contributed by atoms with van der Waals surface area (Å²) in [5.74, 6) is 0.589. The lowest BCUT2D eigenvalue weighted by molar-refractivity contribution is -0.142. The van der Waals surface area contributed by atoms with E-state index in [9.17, 15) is 9.18 Å². The van der Waals surface area contributed by atoms with Crippen LogP contribution in [0.5, 0.6) is 17.2 Å². The molecule has 2 aromatic heterocycles. The monoisotopic (exact) mass is 503 g/mol. The smallest absolute Gasteiger partial charge is 0.263 e. The summed E-state index contributed by atoms with van der Waals surface area (Å²) in [6, 6.07) is 13.2. The minimum atomic E-state index is -0.729. The van der Waals surface area contributed by atoms with Gasteiger partial charge in [0.05, 0.1) is 30.3 Å². The number of carbonyl (C=O) groups excluding carboxylic acids is 1. The highest BCUT2D eigenvalue weighted by atomic mass is 19.1. The standard InChI is InChI=1S/C27H26FN5O4/c1-16-6-8-19(15-30-16)37-22-9-7-18(14-20(22)28)26-31-21-4-3-5-23(24(21)25(29)32-26)36-17(2)27(34)33-10-12-35-13-11-33/h3-9,14-15,17H,10-13H2,1-2H3,(H2,29,31,32)/t17-/m1/s1. The fourth-order valence-electron chi connectivity index (χ4n) is 4.05. The predicted octanol–water partition coefficient (Wildman–Crippen LogP) is 4.14. The van der Waals surface area contributed by atoms with Crippen molar-refractivity contribution < 1.29 is 23.4 Å². The van der Waals surface area contributed by atoms with Gasteiger partial charge in [0.1, 0.15) is 17.3 Å². The molecule has 0 unspecified atom stereocenters. The van der Waals surface area contributed by atoms with Crippen molar-refractivity contribution in [3.63, 3.8) is 0 Å². The van der Waals surface area contributed by atoms with Crippen molar-refractivity contribution in [2.75, 3.05) is 32.0 Å². The average molecular weight is 504 g/mol. The molecule has 5 rings (SSSR count). The van der Waals surface area contributed by atoms with Gasteiger partial charge in [0.2, 0.25) is 0 Å². The van der Waals surface area contributed by atoms with Crippen molar-refractivity contribution in [3.05, 3.63) is 66.2 Å². The van der Waals surface area contributed by atoms with E-state index in [0.29, 0.717) is 54.3 Å². The number of carbonyl (C=O) groups is 1. The Morgan fingerprint density at radius 3 is 2.65 bits per heavy atom. The van der Waals surface area contributed by atoms with Gasteiger partial charge in [-0.05, 0) is 56.3 Å². The van der Waals surface area contributed by atoms with Gasteiger partial charge in [-0.3, -0.25) is 9.78 Å². The van der Waals surface area contributed by atoms with E-state index in [4.69, 9.17) is 19.9 Å². The summed E-state index contributed by atoms with van der Waals surface area (Å²) < 4.78 is 31.8. The van der Waals surface area contributed by atoms with E-state index in [-0.39, 0.29) is 23.3 Å². The molecule has 3 heterocycles. The molecule has 1 saturated heterocycles. The zero-order chi connectivity index (χ0) is 25.9. The Bertz CT molecular complexity index is 1440. The van der Waals surface area contributed by atoms with E-state index in [2.05, 4.69) is 15.0 Å². The first-order chi connectivity index (χ1) is 17.9. The summed E-state index contributed by atoms with van der Waals surface area (Å²) in [7, 11) is 0. The fourth-order valence-corrected chi connectivity index (χ4v) is 4.05. The number of benzene rings is 2. The topological polar surface area (TPSA) is 113 Å². The Kier molecular flexibility index (Phi) is 6.82. The lowest BCUT2D eigenvalue weighted by Gasteiger charge is -2.29. The number of amides is 1. The molecule has 1 fully saturated rings. The molecule has 1 atom stereocenters. The van der Waals surface area contributed by atoms with Gasteiger partial charge < -0.3 is 24.8 Å². The molecule has 10 heteroatoms. The third-order valence-electron chi connectivity index (χ3n) is 5.99. The van der Waals surface area contributed by atoms with Crippen molar-refractivity contribution in [2.24, 2.45) is 0 Å². The minimum absolute atomic E-state index is 0.0535. The summed E-state index contributed by atoms with van der Waals surface area (Å²) in [6.45, 7) is 5.62. The van der Waals surface area contributed by atoms with Crippen LogP contribution < -0.4 is 15.2 Å². The lowest BCUT2D eigenvalue weighted by Crippen LogP contribution is -2.46. The number of nitrogen functional groups attached to an aromatic ring is 1. The second-order valence-electron chi connectivity index (χ2n) is 8.66. The van der Waals surface area contributed by atoms with Gasteiger partial charge in [-0.1, -0.05) is 6.07 Å². The molecule has 4 aromatic rings. The molecule has 9 nitrogen and oxygen atoms in total. The summed E-state index contributed by atoms with van der Waals surface area (Å²) in [4.78, 5) is 27.6. The summed E-state index contributed by atoms with van der Waals surface area (Å²) >= 11 is 0. The van der Waals surface area contributed by atoms with Gasteiger partial charge in [-0.2, -0.15) is 0 Å². The van der Waals surface area contributed by atoms with Crippen molar-refractivity contribution >= 4 is 22.6 Å². The molecule has 0 radical (unpaired) electrons. The number of ether oxygens (including phenoxy) is 3. The number of pyridine rings is 1. The Labute approximate surface area is 213 Å². The van der Waals surface area contributed by atoms with E-state index in [0.717, 1.165) is 5.69 Å². The highest BCUT2D eigenvalue weighted by Crippen LogP contribution is 2.33. The van der Waals surface area contributed by atoms with Gasteiger partial charge >= 0.3 is 0 Å². The zero-order valence-corrected chi connectivity index (χ0v) is 20.5. The molecule has 190 valence electrons. The molecule has 0 saturated carbocycles. The van der Waals surface area contributed by atoms with E-state index >= 15 is 0 Å². The van der Waals surface area contributed by atoms with E-state index in [1.165, 1.54) is 18.3 Å². The van der Waals surface area contributed by atoms with Gasteiger partial charge in [0.25, 0.3) is 5.91 Å². The number of morpholine rings is 1. The second kappa shape index (κ2) is 10.4. The molecule has 1 amide bonds. The van der Waals surface area contributed by atoms with Gasteiger partial charge in [0.15, 0.2) is 23.5 Å². The van der Waals surface area contributed by atoms with Crippen molar-refractivity contribution in [1.82, 2.24) is 19.9 Å². The highest BCUT2D eigenvalue weighted by Gasteiger charge is 2.25. The van der Waals surface area contributed by atoms with Crippen LogP contribution in [0.3, 0.4) is 0 Å². The fraction of sp³-hybridized carbons (Fsp3) is 0.259. The van der Waals surface area contributed by atoms with Crippen LogP contribution in [0.25, 0.3) is 22.3 Å². The molecule has 37 heavy (non-hydrogen) atoms. The number of halogens is 1. The van der Waals surface area contributed by atoms with Crippen LogP contribution in [0.4, 0.5) is 10.2 Å². The Hall–Kier alpha value is -4.31. The summed E-state index contributed by atoms with van der Waals surface area (Å²) in [5.41, 5.74) is 8.08. The number of nitrogens with zero attached hydrogens (tertiary/aromatic N) is 4. The summed E-state index contributed by atoms with van der Waals surface area (Å²) in [5, 5.41) is 0.486. The highest BCUT2D eigenvalue weighted by molar-refractivity contribution is 5.95. The molecule has 0 spiro atoms. The number of aryl methyl sites for hydroxylation is 1. The molecular formula is C27H26FN5O4. The van der Waals surface area contributed by atoms with Crippen molar-refractivity contribution in [3.8, 4) is 28.6 Å². The quantitative estimate of drug-likeness (QED) is 0.418. The number of hydrogen-bond acceptors (Lipinski definition) is 8. The van der Waals surface area contributed by atoms with Crippen LogP contribution in [0.2, 0.25) is 0 Å². The van der Waals surface area contributed by atoms with Crippen LogP contribution in [0.1, 0.15) is 12.6 Å². The number of nitrogens with two attached hydrogens (primary N) is 1. The largest absolute Gasteiger partial charge is 0.480 e. The Morgan fingerprint density at radius 2 is 1.92 bits per heavy atom. The van der Waals surface area contributed by atoms with Gasteiger partial charge in [-0.25, -0.2) is 14.4 Å². The summed E-state index contributed by atoms with van der Waals surface area (Å²) in [6.07, 6.45) is 0.804. The third-order valence-corrected chi connectivity index (χ3v) is 5.99. The van der Waals surface area contributed by atoms with Crippen LogP contribution >= 0.6 is 0 Å². The van der Waals surface area contributed by atoms with Crippen molar-refractivity contribution in [2.45, 2.75) is 20.0 Å². The SMILES string of the molecule is Cc1ccc(Oc2ccc(-c3nc(N)c4c(O[C@H](C)C(=O)N5CCOCC5)cccc4n3)cc2F)cn1. The van der Waals surface area contributed by atoms with E-state index in [1.54, 1.807) is 48.2 Å².